The van der Waals surface area contributed by atoms with E-state index >= 15 is 0 Å². The molecule has 0 fully saturated rings. The molecule has 0 radical (unpaired) electrons. The van der Waals surface area contributed by atoms with Crippen molar-refractivity contribution >= 4 is 11.6 Å². The minimum absolute atomic E-state index is 0.159. The zero-order valence-corrected chi connectivity index (χ0v) is 12.2. The van der Waals surface area contributed by atoms with Crippen LogP contribution in [0.1, 0.15) is 16.7 Å². The van der Waals surface area contributed by atoms with Crippen LogP contribution in [0.15, 0.2) is 36.4 Å². The molecule has 0 aliphatic carbocycles. The smallest absolute Gasteiger partial charge is 0.165 e. The molecule has 0 N–H and O–H groups in total. The summed E-state index contributed by atoms with van der Waals surface area (Å²) in [5.74, 6) is 0.432. The summed E-state index contributed by atoms with van der Waals surface area (Å²) in [4.78, 5) is 0. The van der Waals surface area contributed by atoms with E-state index < -0.39 is 5.82 Å². The van der Waals surface area contributed by atoms with Gasteiger partial charge in [-0.1, -0.05) is 12.1 Å². The van der Waals surface area contributed by atoms with Gasteiger partial charge in [-0.3, -0.25) is 0 Å². The summed E-state index contributed by atoms with van der Waals surface area (Å²) in [6, 6.07) is 11.7. The first-order valence-electron chi connectivity index (χ1n) is 6.22. The van der Waals surface area contributed by atoms with Crippen molar-refractivity contribution in [3.63, 3.8) is 0 Å². The Labute approximate surface area is 127 Å². The first kappa shape index (κ1) is 15.1. The van der Waals surface area contributed by atoms with Crippen LogP contribution in [0.4, 0.5) is 4.39 Å². The maximum Gasteiger partial charge on any atom is 0.165 e. The maximum atomic E-state index is 13.8. The van der Waals surface area contributed by atoms with E-state index in [4.69, 9.17) is 26.3 Å². The Morgan fingerprint density at radius 3 is 2.52 bits per heavy atom. The van der Waals surface area contributed by atoms with Crippen molar-refractivity contribution in [1.82, 2.24) is 0 Å². The molecule has 0 heterocycles. The number of alkyl halides is 1. The molecule has 2 aromatic rings. The average molecular weight is 306 g/mol. The third-order valence-electron chi connectivity index (χ3n) is 2.93. The lowest BCUT2D eigenvalue weighted by atomic mass is 10.1. The molecule has 0 saturated heterocycles. The Morgan fingerprint density at radius 2 is 1.90 bits per heavy atom. The number of benzene rings is 2. The normalized spacial score (nSPS) is 10.0. The second kappa shape index (κ2) is 6.96. The van der Waals surface area contributed by atoms with Gasteiger partial charge in [0, 0.05) is 5.88 Å². The molecule has 0 bridgehead atoms. The van der Waals surface area contributed by atoms with Gasteiger partial charge < -0.3 is 9.47 Å². The van der Waals surface area contributed by atoms with Gasteiger partial charge >= 0.3 is 0 Å². The largest absolute Gasteiger partial charge is 0.495 e. The van der Waals surface area contributed by atoms with Crippen LogP contribution >= 0.6 is 11.6 Å². The van der Waals surface area contributed by atoms with E-state index in [2.05, 4.69) is 0 Å². The monoisotopic (exact) mass is 305 g/mol. The quantitative estimate of drug-likeness (QED) is 0.783. The zero-order chi connectivity index (χ0) is 15.2. The molecule has 2 aromatic carbocycles. The van der Waals surface area contributed by atoms with E-state index in [1.165, 1.54) is 13.2 Å². The van der Waals surface area contributed by atoms with Crippen molar-refractivity contribution in [3.8, 4) is 17.6 Å². The molecule has 108 valence electrons. The number of nitriles is 1. The van der Waals surface area contributed by atoms with E-state index in [0.717, 1.165) is 5.56 Å². The Hall–Kier alpha value is -2.25. The zero-order valence-electron chi connectivity index (χ0n) is 11.4. The predicted molar refractivity (Wildman–Crippen MR) is 78.0 cm³/mol. The van der Waals surface area contributed by atoms with Gasteiger partial charge in [0.05, 0.1) is 12.7 Å². The minimum Gasteiger partial charge on any atom is -0.495 e. The van der Waals surface area contributed by atoms with Crippen LogP contribution in [0.2, 0.25) is 0 Å². The van der Waals surface area contributed by atoms with Gasteiger partial charge in [-0.25, -0.2) is 4.39 Å². The van der Waals surface area contributed by atoms with Gasteiger partial charge in [0.15, 0.2) is 11.6 Å². The van der Waals surface area contributed by atoms with Gasteiger partial charge in [-0.15, -0.1) is 11.6 Å². The summed E-state index contributed by atoms with van der Waals surface area (Å²) >= 11 is 5.64. The summed E-state index contributed by atoms with van der Waals surface area (Å²) in [6.07, 6.45) is 0. The first-order valence-corrected chi connectivity index (χ1v) is 6.75. The van der Waals surface area contributed by atoms with Gasteiger partial charge in [0.2, 0.25) is 0 Å². The first-order chi connectivity index (χ1) is 10.2. The van der Waals surface area contributed by atoms with Gasteiger partial charge in [0.1, 0.15) is 18.4 Å². The highest BCUT2D eigenvalue weighted by atomic mass is 35.5. The summed E-state index contributed by atoms with van der Waals surface area (Å²) in [5.41, 5.74) is 1.92. The van der Waals surface area contributed by atoms with E-state index in [-0.39, 0.29) is 18.2 Å². The lowest BCUT2D eigenvalue weighted by Crippen LogP contribution is -1.99. The molecule has 0 atom stereocenters. The molecule has 0 aliphatic heterocycles. The molecule has 0 aliphatic rings. The number of halogens is 2. The van der Waals surface area contributed by atoms with Crippen LogP contribution in [0.25, 0.3) is 0 Å². The maximum absolute atomic E-state index is 13.8. The molecule has 0 amide bonds. The van der Waals surface area contributed by atoms with Crippen molar-refractivity contribution in [3.05, 3.63) is 58.9 Å². The lowest BCUT2D eigenvalue weighted by molar-refractivity contribution is 0.289. The fraction of sp³-hybridized carbons (Fsp3) is 0.188. The van der Waals surface area contributed by atoms with Crippen LogP contribution in [-0.2, 0) is 12.5 Å². The van der Waals surface area contributed by atoms with Gasteiger partial charge in [-0.05, 0) is 35.4 Å². The lowest BCUT2D eigenvalue weighted by Gasteiger charge is -2.10. The number of nitrogens with zero attached hydrogens (tertiary/aromatic N) is 1. The molecule has 3 nitrogen and oxygen atoms in total. The Balaban J connectivity index is 2.11. The molecular weight excluding hydrogens is 293 g/mol. The second-order valence-corrected chi connectivity index (χ2v) is 4.60. The third-order valence-corrected chi connectivity index (χ3v) is 3.24. The van der Waals surface area contributed by atoms with Crippen LogP contribution in [0.5, 0.6) is 11.5 Å². The van der Waals surface area contributed by atoms with Crippen molar-refractivity contribution in [2.24, 2.45) is 0 Å². The molecule has 0 unspecified atom stereocenters. The topological polar surface area (TPSA) is 42.2 Å². The fourth-order valence-corrected chi connectivity index (χ4v) is 1.99. The minimum atomic E-state index is -0.450. The molecular formula is C16H13ClFNO2. The van der Waals surface area contributed by atoms with Crippen molar-refractivity contribution < 1.29 is 13.9 Å². The van der Waals surface area contributed by atoms with E-state index in [1.54, 1.807) is 30.3 Å². The van der Waals surface area contributed by atoms with E-state index in [1.807, 2.05) is 6.07 Å². The summed E-state index contributed by atoms with van der Waals surface area (Å²) in [6.45, 7) is 0.180. The van der Waals surface area contributed by atoms with Gasteiger partial charge in [0.25, 0.3) is 0 Å². The van der Waals surface area contributed by atoms with Crippen LogP contribution in [0, 0.1) is 17.1 Å². The Kier molecular flexibility index (Phi) is 5.02. The number of methoxy groups -OCH3 is 1. The van der Waals surface area contributed by atoms with Crippen molar-refractivity contribution in [1.29, 1.82) is 5.26 Å². The number of hydrogen-bond acceptors (Lipinski definition) is 3. The molecule has 5 heteroatoms. The van der Waals surface area contributed by atoms with E-state index in [0.29, 0.717) is 16.9 Å². The molecule has 0 spiro atoms. The molecule has 0 saturated carbocycles. The predicted octanol–water partition coefficient (Wildman–Crippen LogP) is 4.02. The summed E-state index contributed by atoms with van der Waals surface area (Å²) in [7, 11) is 1.49. The highest BCUT2D eigenvalue weighted by molar-refractivity contribution is 6.17. The average Bonchev–Trinajstić information content (AvgIpc) is 2.53. The van der Waals surface area contributed by atoms with E-state index in [9.17, 15) is 4.39 Å². The third kappa shape index (κ3) is 3.65. The Bertz CT molecular complexity index is 682. The summed E-state index contributed by atoms with van der Waals surface area (Å²) < 4.78 is 24.3. The molecule has 2 rings (SSSR count). The van der Waals surface area contributed by atoms with Crippen molar-refractivity contribution in [2.75, 3.05) is 7.11 Å². The standard InChI is InChI=1S/C16H13ClFNO2/c1-20-16-7-12(2-4-13(16)9-19)10-21-15-5-3-11(8-17)6-14(15)18/h2-7H,8,10H2,1H3. The number of ether oxygens (including phenoxy) is 2. The number of rotatable bonds is 5. The van der Waals surface area contributed by atoms with Crippen molar-refractivity contribution in [2.45, 2.75) is 12.5 Å². The summed E-state index contributed by atoms with van der Waals surface area (Å²) in [5, 5.41) is 8.91. The highest BCUT2D eigenvalue weighted by Crippen LogP contribution is 2.23. The van der Waals surface area contributed by atoms with Crippen LogP contribution in [0.3, 0.4) is 0 Å². The van der Waals surface area contributed by atoms with Crippen LogP contribution in [-0.4, -0.2) is 7.11 Å². The van der Waals surface area contributed by atoms with Crippen LogP contribution < -0.4 is 9.47 Å². The number of hydrogen-bond donors (Lipinski definition) is 0. The Morgan fingerprint density at radius 1 is 1.14 bits per heavy atom. The fourth-order valence-electron chi connectivity index (χ4n) is 1.82. The second-order valence-electron chi connectivity index (χ2n) is 4.33. The SMILES string of the molecule is COc1cc(COc2ccc(CCl)cc2F)ccc1C#N. The highest BCUT2D eigenvalue weighted by Gasteiger charge is 2.07. The molecule has 21 heavy (non-hydrogen) atoms. The molecule has 0 aromatic heterocycles. The van der Waals surface area contributed by atoms with Gasteiger partial charge in [-0.2, -0.15) is 5.26 Å².